The van der Waals surface area contributed by atoms with Crippen molar-refractivity contribution in [1.29, 1.82) is 0 Å². The molecule has 0 radical (unpaired) electrons. The van der Waals surface area contributed by atoms with Crippen LogP contribution in [0, 0.1) is 0 Å². The molecule has 0 aromatic heterocycles. The van der Waals surface area contributed by atoms with E-state index < -0.39 is 27.5 Å². The van der Waals surface area contributed by atoms with Gasteiger partial charge >= 0.3 is 11.9 Å². The Morgan fingerprint density at radius 1 is 0.897 bits per heavy atom. The Morgan fingerprint density at radius 3 is 2.00 bits per heavy atom. The Kier molecular flexibility index (Phi) is 5.77. The summed E-state index contributed by atoms with van der Waals surface area (Å²) in [7, 11) is -1.81. The maximum Gasteiger partial charge on any atom is 0.305 e. The second-order valence-electron chi connectivity index (χ2n) is 6.96. The van der Waals surface area contributed by atoms with Crippen LogP contribution in [0.3, 0.4) is 0 Å². The van der Waals surface area contributed by atoms with Gasteiger partial charge in [-0.1, -0.05) is 30.3 Å². The van der Waals surface area contributed by atoms with E-state index in [1.807, 2.05) is 24.3 Å². The average Bonchev–Trinajstić information content (AvgIpc) is 2.99. The molecule has 0 aliphatic heterocycles. The number of hydrogen-bond donors (Lipinski definition) is 1. The van der Waals surface area contributed by atoms with Gasteiger partial charge in [-0.25, -0.2) is 0 Å². The van der Waals surface area contributed by atoms with Crippen LogP contribution in [0.25, 0.3) is 11.1 Å². The monoisotopic (exact) mass is 418 g/mol. The fourth-order valence-electron chi connectivity index (χ4n) is 4.09. The molecule has 8 heteroatoms. The van der Waals surface area contributed by atoms with E-state index in [4.69, 9.17) is 9.47 Å². The molecular formula is C21H22O7S. The summed E-state index contributed by atoms with van der Waals surface area (Å²) in [6.07, 6.45) is 0.800. The molecule has 2 aromatic carbocycles. The highest BCUT2D eigenvalue weighted by Crippen LogP contribution is 2.54. The van der Waals surface area contributed by atoms with Crippen LogP contribution in [0.4, 0.5) is 0 Å². The van der Waals surface area contributed by atoms with Gasteiger partial charge in [0.25, 0.3) is 10.1 Å². The zero-order chi connectivity index (χ0) is 21.2. The lowest BCUT2D eigenvalue weighted by atomic mass is 9.71. The summed E-state index contributed by atoms with van der Waals surface area (Å²) in [6.45, 7) is 0. The molecule has 0 fully saturated rings. The van der Waals surface area contributed by atoms with Crippen molar-refractivity contribution >= 4 is 22.1 Å². The Labute approximate surface area is 169 Å². The Morgan fingerprint density at radius 2 is 1.45 bits per heavy atom. The molecule has 0 amide bonds. The SMILES string of the molecule is COC(=O)CCC1(CCC(=O)OC)c2ccccc2-c2ccc(S(=O)(=O)O)cc21. The average molecular weight is 418 g/mol. The molecule has 0 atom stereocenters. The predicted molar refractivity (Wildman–Crippen MR) is 105 cm³/mol. The Hall–Kier alpha value is -2.71. The van der Waals surface area contributed by atoms with Crippen LogP contribution in [-0.2, 0) is 34.6 Å². The van der Waals surface area contributed by atoms with Gasteiger partial charge in [0.15, 0.2) is 0 Å². The molecule has 0 unspecified atom stereocenters. The van der Waals surface area contributed by atoms with E-state index >= 15 is 0 Å². The van der Waals surface area contributed by atoms with Crippen LogP contribution < -0.4 is 0 Å². The van der Waals surface area contributed by atoms with Gasteiger partial charge in [-0.15, -0.1) is 0 Å². The summed E-state index contributed by atoms with van der Waals surface area (Å²) in [5.74, 6) is -0.807. The molecule has 154 valence electrons. The molecule has 7 nitrogen and oxygen atoms in total. The number of fused-ring (bicyclic) bond motifs is 3. The van der Waals surface area contributed by atoms with Crippen LogP contribution in [-0.4, -0.2) is 39.1 Å². The van der Waals surface area contributed by atoms with Crippen molar-refractivity contribution in [3.63, 3.8) is 0 Å². The molecular weight excluding hydrogens is 396 g/mol. The number of carbonyl (C=O) groups is 2. The Balaban J connectivity index is 2.21. The fraction of sp³-hybridized carbons (Fsp3) is 0.333. The van der Waals surface area contributed by atoms with Gasteiger partial charge in [0, 0.05) is 18.3 Å². The van der Waals surface area contributed by atoms with Gasteiger partial charge in [0.2, 0.25) is 0 Å². The quantitative estimate of drug-likeness (QED) is 0.544. The van der Waals surface area contributed by atoms with Gasteiger partial charge in [-0.3, -0.25) is 14.1 Å². The zero-order valence-corrected chi connectivity index (χ0v) is 17.0. The van der Waals surface area contributed by atoms with Crippen LogP contribution in [0.1, 0.15) is 36.8 Å². The first-order valence-electron chi connectivity index (χ1n) is 9.08. The summed E-state index contributed by atoms with van der Waals surface area (Å²) in [5, 5.41) is 0. The minimum absolute atomic E-state index is 0.0849. The first-order valence-corrected chi connectivity index (χ1v) is 10.5. The molecule has 1 aliphatic rings. The number of methoxy groups -OCH3 is 2. The first kappa shape index (κ1) is 21.0. The van der Waals surface area contributed by atoms with E-state index in [0.29, 0.717) is 18.4 Å². The van der Waals surface area contributed by atoms with E-state index in [1.165, 1.54) is 26.4 Å². The van der Waals surface area contributed by atoms with Gasteiger partial charge in [-0.2, -0.15) is 8.42 Å². The van der Waals surface area contributed by atoms with E-state index in [2.05, 4.69) is 0 Å². The maximum absolute atomic E-state index is 11.9. The highest BCUT2D eigenvalue weighted by Gasteiger charge is 2.43. The number of ether oxygens (including phenoxy) is 2. The Bertz CT molecular complexity index is 1040. The number of carbonyl (C=O) groups excluding carboxylic acids is 2. The van der Waals surface area contributed by atoms with Crippen molar-refractivity contribution in [3.05, 3.63) is 53.6 Å². The zero-order valence-electron chi connectivity index (χ0n) is 16.2. The summed E-state index contributed by atoms with van der Waals surface area (Å²) in [6, 6.07) is 12.0. The number of benzene rings is 2. The summed E-state index contributed by atoms with van der Waals surface area (Å²) in [4.78, 5) is 23.6. The molecule has 0 saturated heterocycles. The van der Waals surface area contributed by atoms with Crippen molar-refractivity contribution in [3.8, 4) is 11.1 Å². The van der Waals surface area contributed by atoms with Gasteiger partial charge in [-0.05, 0) is 47.2 Å². The second-order valence-corrected chi connectivity index (χ2v) is 8.38. The lowest BCUT2D eigenvalue weighted by Gasteiger charge is -2.32. The van der Waals surface area contributed by atoms with Crippen molar-refractivity contribution in [2.24, 2.45) is 0 Å². The number of hydrogen-bond acceptors (Lipinski definition) is 6. The van der Waals surface area contributed by atoms with Crippen LogP contribution in [0.5, 0.6) is 0 Å². The van der Waals surface area contributed by atoms with E-state index in [1.54, 1.807) is 6.07 Å². The lowest BCUT2D eigenvalue weighted by Crippen LogP contribution is -2.28. The molecule has 29 heavy (non-hydrogen) atoms. The normalized spacial score (nSPS) is 14.0. The largest absolute Gasteiger partial charge is 0.469 e. The van der Waals surface area contributed by atoms with Crippen molar-refractivity contribution in [1.82, 2.24) is 0 Å². The molecule has 1 N–H and O–H groups in total. The molecule has 0 heterocycles. The van der Waals surface area contributed by atoms with Gasteiger partial charge < -0.3 is 9.47 Å². The maximum atomic E-state index is 11.9. The fourth-order valence-corrected chi connectivity index (χ4v) is 4.60. The highest BCUT2D eigenvalue weighted by atomic mass is 32.2. The third kappa shape index (κ3) is 3.90. The molecule has 0 spiro atoms. The van der Waals surface area contributed by atoms with Crippen molar-refractivity contribution < 1.29 is 32.0 Å². The lowest BCUT2D eigenvalue weighted by molar-refractivity contribution is -0.141. The molecule has 0 saturated carbocycles. The third-order valence-electron chi connectivity index (χ3n) is 5.50. The number of rotatable bonds is 7. The molecule has 0 bridgehead atoms. The second kappa shape index (κ2) is 7.96. The third-order valence-corrected chi connectivity index (χ3v) is 6.35. The smallest absolute Gasteiger partial charge is 0.305 e. The van der Waals surface area contributed by atoms with Crippen LogP contribution >= 0.6 is 0 Å². The van der Waals surface area contributed by atoms with E-state index in [0.717, 1.165) is 16.7 Å². The van der Waals surface area contributed by atoms with Crippen LogP contribution in [0.15, 0.2) is 47.4 Å². The summed E-state index contributed by atoms with van der Waals surface area (Å²) < 4.78 is 42.6. The standard InChI is InChI=1S/C21H22O7S/c1-27-19(22)9-11-21(12-10-20(23)28-2)17-6-4-3-5-15(17)16-8-7-14(13-18(16)21)29(24,25)26/h3-8,13H,9-12H2,1-2H3,(H,24,25,26). The van der Waals surface area contributed by atoms with Gasteiger partial charge in [0.05, 0.1) is 19.1 Å². The van der Waals surface area contributed by atoms with E-state index in [-0.39, 0.29) is 17.7 Å². The number of esters is 2. The van der Waals surface area contributed by atoms with Gasteiger partial charge in [0.1, 0.15) is 0 Å². The first-order chi connectivity index (χ1) is 13.7. The molecule has 2 aromatic rings. The van der Waals surface area contributed by atoms with Crippen LogP contribution in [0.2, 0.25) is 0 Å². The summed E-state index contributed by atoms with van der Waals surface area (Å²) in [5.41, 5.74) is 2.47. The highest BCUT2D eigenvalue weighted by molar-refractivity contribution is 7.85. The minimum atomic E-state index is -4.42. The van der Waals surface area contributed by atoms with Crippen molar-refractivity contribution in [2.45, 2.75) is 36.0 Å². The molecule has 1 aliphatic carbocycles. The summed E-state index contributed by atoms with van der Waals surface area (Å²) >= 11 is 0. The topological polar surface area (TPSA) is 107 Å². The molecule has 3 rings (SSSR count). The van der Waals surface area contributed by atoms with Crippen molar-refractivity contribution in [2.75, 3.05) is 14.2 Å². The predicted octanol–water partition coefficient (Wildman–Crippen LogP) is 3.11. The minimum Gasteiger partial charge on any atom is -0.469 e. The van der Waals surface area contributed by atoms with E-state index in [9.17, 15) is 22.6 Å².